The van der Waals surface area contributed by atoms with Crippen LogP contribution in [0.25, 0.3) is 10.8 Å². The van der Waals surface area contributed by atoms with Crippen molar-refractivity contribution in [1.82, 2.24) is 10.2 Å². The molecule has 1 N–H and O–H groups in total. The van der Waals surface area contributed by atoms with Gasteiger partial charge in [-0.05, 0) is 42.5 Å². The number of carbonyl (C=O) groups excluding carboxylic acids is 2. The number of nitrogens with one attached hydrogen (secondary N) is 1. The third-order valence-corrected chi connectivity index (χ3v) is 7.57. The Balaban J connectivity index is 1.96. The van der Waals surface area contributed by atoms with Gasteiger partial charge in [0.2, 0.25) is 21.8 Å². The predicted octanol–water partition coefficient (Wildman–Crippen LogP) is 4.70. The van der Waals surface area contributed by atoms with Crippen molar-refractivity contribution < 1.29 is 18.0 Å². The summed E-state index contributed by atoms with van der Waals surface area (Å²) in [6, 6.07) is 19.5. The average molecular weight is 575 g/mol. The number of rotatable bonds is 11. The summed E-state index contributed by atoms with van der Waals surface area (Å²) < 4.78 is 27.7. The van der Waals surface area contributed by atoms with Crippen molar-refractivity contribution in [3.05, 3.63) is 76.8 Å². The number of halogens is 1. The fourth-order valence-electron chi connectivity index (χ4n) is 3.97. The van der Waals surface area contributed by atoms with Gasteiger partial charge in [-0.3, -0.25) is 13.9 Å². The van der Waals surface area contributed by atoms with E-state index in [1.54, 1.807) is 19.1 Å². The van der Waals surface area contributed by atoms with Crippen LogP contribution in [0.3, 0.4) is 0 Å². The van der Waals surface area contributed by atoms with Crippen LogP contribution in [0.15, 0.2) is 71.2 Å². The summed E-state index contributed by atoms with van der Waals surface area (Å²) in [5, 5.41) is 4.47. The van der Waals surface area contributed by atoms with E-state index < -0.39 is 28.5 Å². The molecule has 0 saturated heterocycles. The predicted molar refractivity (Wildman–Crippen MR) is 148 cm³/mol. The molecular formula is C27H32BrN3O4S. The number of amides is 2. The number of fused-ring (bicyclic) bond motifs is 1. The Labute approximate surface area is 221 Å². The number of sulfonamides is 1. The third kappa shape index (κ3) is 7.07. The summed E-state index contributed by atoms with van der Waals surface area (Å²) in [7, 11) is -3.80. The second-order valence-electron chi connectivity index (χ2n) is 8.74. The number of nitrogens with zero attached hydrogens (tertiary/aromatic N) is 2. The van der Waals surface area contributed by atoms with Gasteiger partial charge < -0.3 is 10.2 Å². The summed E-state index contributed by atoms with van der Waals surface area (Å²) in [6.45, 7) is 3.96. The molecule has 0 radical (unpaired) electrons. The number of hydrogen-bond acceptors (Lipinski definition) is 4. The van der Waals surface area contributed by atoms with Gasteiger partial charge in [-0.15, -0.1) is 0 Å². The van der Waals surface area contributed by atoms with Gasteiger partial charge in [0.25, 0.3) is 0 Å². The summed E-state index contributed by atoms with van der Waals surface area (Å²) in [5.41, 5.74) is 1.24. The largest absolute Gasteiger partial charge is 0.354 e. The Bertz CT molecular complexity index is 1320. The highest BCUT2D eigenvalue weighted by Crippen LogP contribution is 2.28. The van der Waals surface area contributed by atoms with E-state index in [-0.39, 0.29) is 12.5 Å². The molecule has 0 aliphatic rings. The second kappa shape index (κ2) is 12.4. The van der Waals surface area contributed by atoms with Gasteiger partial charge in [0.05, 0.1) is 11.9 Å². The first-order chi connectivity index (χ1) is 17.1. The zero-order valence-electron chi connectivity index (χ0n) is 20.8. The molecule has 9 heteroatoms. The number of hydrogen-bond donors (Lipinski definition) is 1. The van der Waals surface area contributed by atoms with Crippen molar-refractivity contribution in [3.8, 4) is 0 Å². The number of unbranched alkanes of at least 4 members (excludes halogenated alkanes) is 1. The van der Waals surface area contributed by atoms with Crippen LogP contribution in [0.2, 0.25) is 0 Å². The summed E-state index contributed by atoms with van der Waals surface area (Å²) in [5.74, 6) is -0.741. The molecule has 1 atom stereocenters. The molecule has 3 aromatic rings. The Kier molecular flexibility index (Phi) is 9.50. The SMILES string of the molecule is CCCCNC(=O)[C@@H](C)N(Cc1cccc(Br)c1)C(=O)CN(c1cccc2ccccc12)S(C)(=O)=O. The van der Waals surface area contributed by atoms with E-state index in [1.807, 2.05) is 61.5 Å². The molecule has 0 fully saturated rings. The van der Waals surface area contributed by atoms with Crippen molar-refractivity contribution in [2.75, 3.05) is 23.7 Å². The summed E-state index contributed by atoms with van der Waals surface area (Å²) >= 11 is 3.45. The molecule has 3 rings (SSSR count). The maximum Gasteiger partial charge on any atom is 0.244 e. The molecule has 0 bridgehead atoms. The molecule has 2 amide bonds. The number of carbonyl (C=O) groups is 2. The molecule has 0 aliphatic heterocycles. The van der Waals surface area contributed by atoms with Crippen molar-refractivity contribution in [3.63, 3.8) is 0 Å². The van der Waals surface area contributed by atoms with Crippen molar-refractivity contribution in [2.24, 2.45) is 0 Å². The van der Waals surface area contributed by atoms with E-state index in [2.05, 4.69) is 21.2 Å². The average Bonchev–Trinajstić information content (AvgIpc) is 2.84. The van der Waals surface area contributed by atoms with Crippen LogP contribution < -0.4 is 9.62 Å². The van der Waals surface area contributed by atoms with Gasteiger partial charge in [0.15, 0.2) is 0 Å². The molecule has 0 aliphatic carbocycles. The first-order valence-corrected chi connectivity index (χ1v) is 14.5. The first-order valence-electron chi connectivity index (χ1n) is 11.9. The lowest BCUT2D eigenvalue weighted by Crippen LogP contribution is -2.51. The van der Waals surface area contributed by atoms with Crippen LogP contribution in [0, 0.1) is 0 Å². The van der Waals surface area contributed by atoms with Gasteiger partial charge in [0, 0.05) is 22.9 Å². The molecule has 36 heavy (non-hydrogen) atoms. The van der Waals surface area contributed by atoms with E-state index in [1.165, 1.54) is 4.90 Å². The van der Waals surface area contributed by atoms with E-state index in [0.29, 0.717) is 12.2 Å². The summed E-state index contributed by atoms with van der Waals surface area (Å²) in [6.07, 6.45) is 2.85. The normalized spacial score (nSPS) is 12.2. The Morgan fingerprint density at radius 2 is 1.72 bits per heavy atom. The fourth-order valence-corrected chi connectivity index (χ4v) is 5.28. The minimum absolute atomic E-state index is 0.160. The highest BCUT2D eigenvalue weighted by Gasteiger charge is 2.30. The van der Waals surface area contributed by atoms with Gasteiger partial charge in [-0.1, -0.05) is 77.8 Å². The maximum atomic E-state index is 13.7. The molecular weight excluding hydrogens is 542 g/mol. The monoisotopic (exact) mass is 573 g/mol. The Morgan fingerprint density at radius 1 is 1.03 bits per heavy atom. The maximum absolute atomic E-state index is 13.7. The minimum Gasteiger partial charge on any atom is -0.354 e. The topological polar surface area (TPSA) is 86.8 Å². The molecule has 0 spiro atoms. The van der Waals surface area contributed by atoms with Gasteiger partial charge in [0.1, 0.15) is 12.6 Å². The lowest BCUT2D eigenvalue weighted by atomic mass is 10.1. The Morgan fingerprint density at radius 3 is 2.42 bits per heavy atom. The molecule has 0 unspecified atom stereocenters. The van der Waals surface area contributed by atoms with Crippen molar-refractivity contribution >= 4 is 54.2 Å². The highest BCUT2D eigenvalue weighted by atomic mass is 79.9. The van der Waals surface area contributed by atoms with Gasteiger partial charge in [-0.2, -0.15) is 0 Å². The van der Waals surface area contributed by atoms with E-state index in [4.69, 9.17) is 0 Å². The molecule has 192 valence electrons. The summed E-state index contributed by atoms with van der Waals surface area (Å²) in [4.78, 5) is 28.0. The van der Waals surface area contributed by atoms with Crippen molar-refractivity contribution in [1.29, 1.82) is 0 Å². The minimum atomic E-state index is -3.80. The zero-order chi connectivity index (χ0) is 26.3. The van der Waals surface area contributed by atoms with E-state index >= 15 is 0 Å². The zero-order valence-corrected chi connectivity index (χ0v) is 23.2. The van der Waals surface area contributed by atoms with Gasteiger partial charge >= 0.3 is 0 Å². The standard InChI is InChI=1S/C27H32BrN3O4S/c1-4-5-16-29-27(33)20(2)30(18-21-10-8-13-23(28)17-21)26(32)19-31(36(3,34)35)25-15-9-12-22-11-6-7-14-24(22)25/h6-15,17,20H,4-5,16,18-19H2,1-3H3,(H,29,33)/t20-/m1/s1. The smallest absolute Gasteiger partial charge is 0.244 e. The van der Waals surface area contributed by atoms with Crippen LogP contribution in [0.4, 0.5) is 5.69 Å². The van der Waals surface area contributed by atoms with Crippen LogP contribution in [0.5, 0.6) is 0 Å². The molecule has 0 heterocycles. The van der Waals surface area contributed by atoms with Crippen LogP contribution in [-0.2, 0) is 26.2 Å². The fraction of sp³-hybridized carbons (Fsp3) is 0.333. The third-order valence-electron chi connectivity index (χ3n) is 5.95. The molecule has 0 saturated carbocycles. The molecule has 7 nitrogen and oxygen atoms in total. The number of benzene rings is 3. The van der Waals surface area contributed by atoms with Crippen LogP contribution in [-0.4, -0.2) is 50.5 Å². The number of anilines is 1. The van der Waals surface area contributed by atoms with Crippen LogP contribution in [0.1, 0.15) is 32.3 Å². The first kappa shape index (κ1) is 27.7. The lowest BCUT2D eigenvalue weighted by Gasteiger charge is -2.32. The highest BCUT2D eigenvalue weighted by molar-refractivity contribution is 9.10. The van der Waals surface area contributed by atoms with Crippen LogP contribution >= 0.6 is 15.9 Å². The molecule has 3 aromatic carbocycles. The lowest BCUT2D eigenvalue weighted by molar-refractivity contribution is -0.139. The van der Waals surface area contributed by atoms with Crippen molar-refractivity contribution in [2.45, 2.75) is 39.3 Å². The second-order valence-corrected chi connectivity index (χ2v) is 11.6. The quantitative estimate of drug-likeness (QED) is 0.337. The van der Waals surface area contributed by atoms with Gasteiger partial charge in [-0.25, -0.2) is 8.42 Å². The van der Waals surface area contributed by atoms with E-state index in [9.17, 15) is 18.0 Å². The molecule has 0 aromatic heterocycles. The van der Waals surface area contributed by atoms with E-state index in [0.717, 1.165) is 44.2 Å². The Hall–Kier alpha value is -2.91.